The van der Waals surface area contributed by atoms with Gasteiger partial charge in [-0.05, 0) is 31.0 Å². The number of aryl methyl sites for hydroxylation is 1. The zero-order chi connectivity index (χ0) is 15.5. The van der Waals surface area contributed by atoms with Crippen LogP contribution in [-0.4, -0.2) is 44.2 Å². The molecule has 2 N–H and O–H groups in total. The Morgan fingerprint density at radius 3 is 2.71 bits per heavy atom. The minimum absolute atomic E-state index is 0.235. The molecular formula is C16H26FNO3. The van der Waals surface area contributed by atoms with Crippen LogP contribution in [0.1, 0.15) is 25.3 Å². The van der Waals surface area contributed by atoms with E-state index in [9.17, 15) is 9.50 Å². The highest BCUT2D eigenvalue weighted by Gasteiger charge is 2.05. The molecule has 5 heteroatoms. The van der Waals surface area contributed by atoms with Crippen molar-refractivity contribution in [3.05, 3.63) is 29.6 Å². The summed E-state index contributed by atoms with van der Waals surface area (Å²) in [6, 6.07) is 4.91. The maximum Gasteiger partial charge on any atom is 0.128 e. The summed E-state index contributed by atoms with van der Waals surface area (Å²) >= 11 is 0. The number of aliphatic hydroxyl groups is 1. The number of nitrogens with one attached hydrogen (secondary N) is 1. The van der Waals surface area contributed by atoms with Gasteiger partial charge in [0.2, 0.25) is 0 Å². The van der Waals surface area contributed by atoms with Gasteiger partial charge in [0.25, 0.3) is 0 Å². The van der Waals surface area contributed by atoms with Crippen LogP contribution in [-0.2, 0) is 9.47 Å². The summed E-state index contributed by atoms with van der Waals surface area (Å²) < 4.78 is 24.0. The number of benzene rings is 1. The molecule has 0 aliphatic heterocycles. The molecule has 0 aliphatic carbocycles. The highest BCUT2D eigenvalue weighted by molar-refractivity contribution is 5.45. The van der Waals surface area contributed by atoms with Crippen molar-refractivity contribution in [2.24, 2.45) is 0 Å². The van der Waals surface area contributed by atoms with E-state index in [4.69, 9.17) is 9.47 Å². The van der Waals surface area contributed by atoms with Crippen LogP contribution in [0, 0.1) is 12.7 Å². The summed E-state index contributed by atoms with van der Waals surface area (Å²) in [5.74, 6) is -0.255. The van der Waals surface area contributed by atoms with Gasteiger partial charge in [0.05, 0.1) is 25.9 Å². The first kappa shape index (κ1) is 17.9. The molecule has 21 heavy (non-hydrogen) atoms. The third kappa shape index (κ3) is 7.99. The van der Waals surface area contributed by atoms with E-state index in [1.54, 1.807) is 19.1 Å². The summed E-state index contributed by atoms with van der Waals surface area (Å²) in [6.45, 7) is 6.15. The lowest BCUT2D eigenvalue weighted by atomic mass is 10.2. The van der Waals surface area contributed by atoms with Crippen molar-refractivity contribution in [3.63, 3.8) is 0 Å². The van der Waals surface area contributed by atoms with Gasteiger partial charge < -0.3 is 19.9 Å². The highest BCUT2D eigenvalue weighted by Crippen LogP contribution is 2.13. The van der Waals surface area contributed by atoms with E-state index in [1.165, 1.54) is 6.07 Å². The molecule has 1 unspecified atom stereocenters. The lowest BCUT2D eigenvalue weighted by Gasteiger charge is -2.13. The lowest BCUT2D eigenvalue weighted by molar-refractivity contribution is 0.00749. The largest absolute Gasteiger partial charge is 0.389 e. The average Bonchev–Trinajstić information content (AvgIpc) is 2.47. The minimum atomic E-state index is -0.634. The molecule has 0 radical (unpaired) electrons. The first-order valence-electron chi connectivity index (χ1n) is 7.47. The van der Waals surface area contributed by atoms with Gasteiger partial charge in [-0.25, -0.2) is 4.39 Å². The zero-order valence-corrected chi connectivity index (χ0v) is 12.9. The fourth-order valence-electron chi connectivity index (χ4n) is 1.68. The molecule has 1 aromatic carbocycles. The third-order valence-electron chi connectivity index (χ3n) is 3.04. The van der Waals surface area contributed by atoms with E-state index in [1.807, 2.05) is 0 Å². The molecule has 1 atom stereocenters. The fraction of sp³-hybridized carbons (Fsp3) is 0.625. The second-order valence-corrected chi connectivity index (χ2v) is 5.04. The number of anilines is 1. The van der Waals surface area contributed by atoms with Gasteiger partial charge in [0.1, 0.15) is 5.82 Å². The Balaban J connectivity index is 2.08. The highest BCUT2D eigenvalue weighted by atomic mass is 19.1. The van der Waals surface area contributed by atoms with Gasteiger partial charge in [0.15, 0.2) is 0 Å². The first-order chi connectivity index (χ1) is 10.1. The van der Waals surface area contributed by atoms with Crippen LogP contribution in [0.3, 0.4) is 0 Å². The van der Waals surface area contributed by atoms with E-state index in [0.29, 0.717) is 31.0 Å². The van der Waals surface area contributed by atoms with Gasteiger partial charge in [0, 0.05) is 18.8 Å². The van der Waals surface area contributed by atoms with Gasteiger partial charge in [-0.15, -0.1) is 0 Å². The number of ether oxygens (including phenoxy) is 2. The number of rotatable bonds is 11. The molecule has 0 heterocycles. The van der Waals surface area contributed by atoms with Crippen molar-refractivity contribution in [2.75, 3.05) is 38.3 Å². The second-order valence-electron chi connectivity index (χ2n) is 5.04. The van der Waals surface area contributed by atoms with Crippen molar-refractivity contribution >= 4 is 5.69 Å². The molecule has 0 aromatic heterocycles. The van der Waals surface area contributed by atoms with Crippen molar-refractivity contribution in [3.8, 4) is 0 Å². The van der Waals surface area contributed by atoms with Crippen molar-refractivity contribution in [1.29, 1.82) is 0 Å². The molecule has 4 nitrogen and oxygen atoms in total. The molecule has 0 bridgehead atoms. The number of hydrogen-bond acceptors (Lipinski definition) is 4. The zero-order valence-electron chi connectivity index (χ0n) is 12.9. The molecule has 0 spiro atoms. The standard InChI is InChI=1S/C16H26FNO3/c1-3-4-7-20-8-9-21-12-15(19)11-18-14-6-5-13(2)16(17)10-14/h5-6,10,15,18-19H,3-4,7-9,11-12H2,1-2H3. The van der Waals surface area contributed by atoms with Gasteiger partial charge in [-0.1, -0.05) is 19.4 Å². The van der Waals surface area contributed by atoms with Gasteiger partial charge >= 0.3 is 0 Å². The Morgan fingerprint density at radius 2 is 2.00 bits per heavy atom. The average molecular weight is 299 g/mol. The van der Waals surface area contributed by atoms with Crippen molar-refractivity contribution in [1.82, 2.24) is 0 Å². The summed E-state index contributed by atoms with van der Waals surface area (Å²) in [5, 5.41) is 12.7. The minimum Gasteiger partial charge on any atom is -0.389 e. The number of halogens is 1. The predicted octanol–water partition coefficient (Wildman–Crippen LogP) is 2.74. The van der Waals surface area contributed by atoms with E-state index in [0.717, 1.165) is 19.4 Å². The Labute approximate surface area is 126 Å². The van der Waals surface area contributed by atoms with Crippen LogP contribution in [0.5, 0.6) is 0 Å². The maximum atomic E-state index is 13.3. The SMILES string of the molecule is CCCCOCCOCC(O)CNc1ccc(C)c(F)c1. The molecule has 120 valence electrons. The van der Waals surface area contributed by atoms with Crippen LogP contribution in [0.2, 0.25) is 0 Å². The Bertz CT molecular complexity index is 401. The van der Waals surface area contributed by atoms with E-state index in [-0.39, 0.29) is 12.4 Å². The van der Waals surface area contributed by atoms with E-state index >= 15 is 0 Å². The normalized spacial score (nSPS) is 12.4. The van der Waals surface area contributed by atoms with Gasteiger partial charge in [-0.2, -0.15) is 0 Å². The molecule has 0 aliphatic rings. The first-order valence-corrected chi connectivity index (χ1v) is 7.47. The summed E-state index contributed by atoms with van der Waals surface area (Å²) in [5.41, 5.74) is 1.26. The molecule has 0 amide bonds. The molecule has 0 saturated heterocycles. The predicted molar refractivity (Wildman–Crippen MR) is 82.2 cm³/mol. The summed E-state index contributed by atoms with van der Waals surface area (Å²) in [6.07, 6.45) is 1.54. The molecule has 0 fully saturated rings. The summed E-state index contributed by atoms with van der Waals surface area (Å²) in [7, 11) is 0. The number of hydrogen-bond donors (Lipinski definition) is 2. The molecule has 1 rings (SSSR count). The molecule has 0 saturated carbocycles. The second kappa shape index (κ2) is 10.5. The smallest absolute Gasteiger partial charge is 0.128 e. The third-order valence-corrected chi connectivity index (χ3v) is 3.04. The fourth-order valence-corrected chi connectivity index (χ4v) is 1.68. The number of unbranched alkanes of at least 4 members (excludes halogenated alkanes) is 1. The molecular weight excluding hydrogens is 273 g/mol. The van der Waals surface area contributed by atoms with Gasteiger partial charge in [-0.3, -0.25) is 0 Å². The Morgan fingerprint density at radius 1 is 1.24 bits per heavy atom. The Hall–Kier alpha value is -1.17. The summed E-state index contributed by atoms with van der Waals surface area (Å²) in [4.78, 5) is 0. The van der Waals surface area contributed by atoms with Crippen LogP contribution >= 0.6 is 0 Å². The van der Waals surface area contributed by atoms with E-state index < -0.39 is 6.10 Å². The van der Waals surface area contributed by atoms with Crippen LogP contribution in [0.15, 0.2) is 18.2 Å². The maximum absolute atomic E-state index is 13.3. The lowest BCUT2D eigenvalue weighted by Crippen LogP contribution is -2.25. The Kier molecular flexibility index (Phi) is 8.98. The van der Waals surface area contributed by atoms with E-state index in [2.05, 4.69) is 12.2 Å². The number of aliphatic hydroxyl groups excluding tert-OH is 1. The monoisotopic (exact) mass is 299 g/mol. The van der Waals surface area contributed by atoms with Crippen LogP contribution in [0.4, 0.5) is 10.1 Å². The van der Waals surface area contributed by atoms with Crippen LogP contribution < -0.4 is 5.32 Å². The van der Waals surface area contributed by atoms with Crippen molar-refractivity contribution in [2.45, 2.75) is 32.8 Å². The van der Waals surface area contributed by atoms with Crippen molar-refractivity contribution < 1.29 is 19.0 Å². The quantitative estimate of drug-likeness (QED) is 0.617. The topological polar surface area (TPSA) is 50.7 Å². The van der Waals surface area contributed by atoms with Crippen LogP contribution in [0.25, 0.3) is 0 Å². The molecule has 1 aromatic rings.